The van der Waals surface area contributed by atoms with Crippen LogP contribution in [-0.4, -0.2) is 41.7 Å². The Balaban J connectivity index is 1.40. The van der Waals surface area contributed by atoms with Crippen molar-refractivity contribution in [2.75, 3.05) is 6.54 Å². The first kappa shape index (κ1) is 28.3. The lowest BCUT2D eigenvalue weighted by Crippen LogP contribution is -2.49. The summed E-state index contributed by atoms with van der Waals surface area (Å²) in [5.41, 5.74) is 4.44. The summed E-state index contributed by atoms with van der Waals surface area (Å²) in [5, 5.41) is 20.6. The van der Waals surface area contributed by atoms with Gasteiger partial charge in [0, 0.05) is 23.7 Å². The molecular weight excluding hydrogens is 510 g/mol. The van der Waals surface area contributed by atoms with Gasteiger partial charge in [-0.1, -0.05) is 97.1 Å². The first-order valence-corrected chi connectivity index (χ1v) is 14.3. The molecule has 1 aliphatic rings. The van der Waals surface area contributed by atoms with Crippen LogP contribution in [0.1, 0.15) is 57.7 Å². The molecule has 0 aliphatic heterocycles. The minimum atomic E-state index is -0.766. The molecule has 41 heavy (non-hydrogen) atoms. The second kappa shape index (κ2) is 13.4. The lowest BCUT2D eigenvalue weighted by Gasteiger charge is -2.25. The van der Waals surface area contributed by atoms with Crippen molar-refractivity contribution in [3.63, 3.8) is 0 Å². The van der Waals surface area contributed by atoms with Crippen molar-refractivity contribution in [1.29, 1.82) is 0 Å². The predicted octanol–water partition coefficient (Wildman–Crippen LogP) is 5.30. The molecule has 3 atom stereocenters. The SMILES string of the molecule is C[C@@H](NC(=O)c1cc(C(=O)N[C@@H](Cc2ccccc2)[C@H](O)CNC2CC2)ccc1-c1ccccc1)c1ccccc1. The van der Waals surface area contributed by atoms with Gasteiger partial charge in [-0.05, 0) is 60.6 Å². The third-order valence-corrected chi connectivity index (χ3v) is 7.53. The Morgan fingerprint density at radius 3 is 2.10 bits per heavy atom. The topological polar surface area (TPSA) is 90.5 Å². The Bertz CT molecular complexity index is 1440. The summed E-state index contributed by atoms with van der Waals surface area (Å²) in [5.74, 6) is -0.592. The van der Waals surface area contributed by atoms with Crippen molar-refractivity contribution in [3.8, 4) is 11.1 Å². The van der Waals surface area contributed by atoms with E-state index < -0.39 is 12.1 Å². The average Bonchev–Trinajstić information content (AvgIpc) is 3.85. The van der Waals surface area contributed by atoms with Crippen LogP contribution in [0, 0.1) is 0 Å². The van der Waals surface area contributed by atoms with Gasteiger partial charge >= 0.3 is 0 Å². The molecule has 0 unspecified atom stereocenters. The monoisotopic (exact) mass is 547 g/mol. The Morgan fingerprint density at radius 2 is 1.44 bits per heavy atom. The molecule has 4 aromatic rings. The summed E-state index contributed by atoms with van der Waals surface area (Å²) in [6.45, 7) is 2.34. The van der Waals surface area contributed by atoms with Crippen molar-refractivity contribution in [3.05, 3.63) is 131 Å². The van der Waals surface area contributed by atoms with Gasteiger partial charge in [0.2, 0.25) is 0 Å². The fourth-order valence-electron chi connectivity index (χ4n) is 4.96. The molecule has 2 amide bonds. The molecule has 0 aromatic heterocycles. The number of hydrogen-bond donors (Lipinski definition) is 4. The molecule has 0 heterocycles. The van der Waals surface area contributed by atoms with Crippen LogP contribution in [0.3, 0.4) is 0 Å². The quantitative estimate of drug-likeness (QED) is 0.194. The van der Waals surface area contributed by atoms with Crippen LogP contribution in [0.25, 0.3) is 11.1 Å². The number of aliphatic hydroxyl groups is 1. The summed E-state index contributed by atoms with van der Waals surface area (Å²) >= 11 is 0. The summed E-state index contributed by atoms with van der Waals surface area (Å²) in [6.07, 6.45) is 1.95. The van der Waals surface area contributed by atoms with E-state index in [0.717, 1.165) is 35.1 Å². The maximum absolute atomic E-state index is 13.6. The van der Waals surface area contributed by atoms with Gasteiger partial charge in [0.25, 0.3) is 11.8 Å². The number of rotatable bonds is 12. The summed E-state index contributed by atoms with van der Waals surface area (Å²) in [6, 6.07) is 34.2. The third-order valence-electron chi connectivity index (χ3n) is 7.53. The molecule has 0 spiro atoms. The largest absolute Gasteiger partial charge is 0.390 e. The van der Waals surface area contributed by atoms with Crippen LogP contribution in [0.2, 0.25) is 0 Å². The highest BCUT2D eigenvalue weighted by atomic mass is 16.3. The number of benzene rings is 4. The number of hydrogen-bond acceptors (Lipinski definition) is 4. The number of aliphatic hydroxyl groups excluding tert-OH is 1. The van der Waals surface area contributed by atoms with Gasteiger partial charge in [-0.25, -0.2) is 0 Å². The molecule has 0 bridgehead atoms. The van der Waals surface area contributed by atoms with Gasteiger partial charge < -0.3 is 21.1 Å². The van der Waals surface area contributed by atoms with E-state index >= 15 is 0 Å². The maximum atomic E-state index is 13.6. The Hall–Kier alpha value is -4.26. The van der Waals surface area contributed by atoms with E-state index in [4.69, 9.17) is 0 Å². The second-order valence-corrected chi connectivity index (χ2v) is 10.8. The van der Waals surface area contributed by atoms with E-state index in [2.05, 4.69) is 16.0 Å². The van der Waals surface area contributed by atoms with Gasteiger partial charge in [-0.15, -0.1) is 0 Å². The van der Waals surface area contributed by atoms with E-state index in [0.29, 0.717) is 30.1 Å². The number of nitrogens with one attached hydrogen (secondary N) is 3. The van der Waals surface area contributed by atoms with Crippen LogP contribution in [-0.2, 0) is 6.42 Å². The molecule has 210 valence electrons. The molecule has 6 heteroatoms. The standard InChI is InChI=1S/C35H37N3O3/c1-24(26-13-7-3-8-14-26)37-35(41)31-22-28(17-20-30(31)27-15-9-4-10-16-27)34(40)38-32(21-25-11-5-2-6-12-25)33(39)23-36-29-18-19-29/h2-17,20,22,24,29,32-33,36,39H,18-19,21,23H2,1H3,(H,37,41)(H,38,40)/t24-,32+,33-/m1/s1. The highest BCUT2D eigenvalue weighted by Gasteiger charge is 2.27. The molecular formula is C35H37N3O3. The Labute approximate surface area is 241 Å². The highest BCUT2D eigenvalue weighted by Crippen LogP contribution is 2.26. The lowest BCUT2D eigenvalue weighted by molar-refractivity contribution is 0.0830. The molecule has 4 aromatic carbocycles. The van der Waals surface area contributed by atoms with Crippen molar-refractivity contribution < 1.29 is 14.7 Å². The first-order chi connectivity index (χ1) is 20.0. The molecule has 1 saturated carbocycles. The van der Waals surface area contributed by atoms with Crippen molar-refractivity contribution in [2.45, 2.75) is 50.4 Å². The van der Waals surface area contributed by atoms with Crippen LogP contribution in [0.4, 0.5) is 0 Å². The third kappa shape index (κ3) is 7.69. The molecule has 5 rings (SSSR count). The normalized spacial score (nSPS) is 15.0. The van der Waals surface area contributed by atoms with Crippen LogP contribution in [0.5, 0.6) is 0 Å². The Morgan fingerprint density at radius 1 is 0.805 bits per heavy atom. The summed E-state index contributed by atoms with van der Waals surface area (Å²) < 4.78 is 0. The van der Waals surface area contributed by atoms with Gasteiger partial charge in [0.15, 0.2) is 0 Å². The van der Waals surface area contributed by atoms with Crippen molar-refractivity contribution in [2.24, 2.45) is 0 Å². The predicted molar refractivity (Wildman–Crippen MR) is 163 cm³/mol. The van der Waals surface area contributed by atoms with Crippen molar-refractivity contribution >= 4 is 11.8 Å². The second-order valence-electron chi connectivity index (χ2n) is 10.8. The van der Waals surface area contributed by atoms with E-state index in [1.165, 1.54) is 0 Å². The van der Waals surface area contributed by atoms with Gasteiger partial charge in [-0.2, -0.15) is 0 Å². The fraction of sp³-hybridized carbons (Fsp3) is 0.257. The maximum Gasteiger partial charge on any atom is 0.252 e. The Kier molecular flexibility index (Phi) is 9.24. The zero-order valence-electron chi connectivity index (χ0n) is 23.3. The number of carbonyl (C=O) groups is 2. The van der Waals surface area contributed by atoms with E-state index in [1.807, 2.05) is 104 Å². The van der Waals surface area contributed by atoms with Crippen LogP contribution < -0.4 is 16.0 Å². The lowest BCUT2D eigenvalue weighted by atomic mass is 9.95. The van der Waals surface area contributed by atoms with Crippen LogP contribution >= 0.6 is 0 Å². The van der Waals surface area contributed by atoms with Crippen LogP contribution in [0.15, 0.2) is 109 Å². The van der Waals surface area contributed by atoms with Crippen molar-refractivity contribution in [1.82, 2.24) is 16.0 Å². The van der Waals surface area contributed by atoms with Gasteiger partial charge in [0.05, 0.1) is 18.2 Å². The molecule has 6 nitrogen and oxygen atoms in total. The average molecular weight is 548 g/mol. The minimum Gasteiger partial charge on any atom is -0.390 e. The van der Waals surface area contributed by atoms with Gasteiger partial charge in [0.1, 0.15) is 0 Å². The summed E-state index contributed by atoms with van der Waals surface area (Å²) in [7, 11) is 0. The minimum absolute atomic E-state index is 0.214. The fourth-order valence-corrected chi connectivity index (χ4v) is 4.96. The van der Waals surface area contributed by atoms with E-state index in [9.17, 15) is 14.7 Å². The van der Waals surface area contributed by atoms with Gasteiger partial charge in [-0.3, -0.25) is 9.59 Å². The zero-order chi connectivity index (χ0) is 28.6. The molecule has 0 radical (unpaired) electrons. The summed E-state index contributed by atoms with van der Waals surface area (Å²) in [4.78, 5) is 27.2. The van der Waals surface area contributed by atoms with E-state index in [-0.39, 0.29) is 17.9 Å². The molecule has 1 fully saturated rings. The zero-order valence-corrected chi connectivity index (χ0v) is 23.3. The smallest absolute Gasteiger partial charge is 0.252 e. The first-order valence-electron chi connectivity index (χ1n) is 14.3. The molecule has 1 aliphatic carbocycles. The number of amides is 2. The highest BCUT2D eigenvalue weighted by molar-refractivity contribution is 6.04. The molecule has 4 N–H and O–H groups in total. The molecule has 0 saturated heterocycles. The van der Waals surface area contributed by atoms with E-state index in [1.54, 1.807) is 12.1 Å². The number of carbonyl (C=O) groups excluding carboxylic acids is 2.